The summed E-state index contributed by atoms with van der Waals surface area (Å²) in [4.78, 5) is 10.6. The fourth-order valence-electron chi connectivity index (χ4n) is 1.34. The average molecular weight is 224 g/mol. The minimum atomic E-state index is -0.387. The second-order valence-electron chi connectivity index (χ2n) is 3.25. The van der Waals surface area contributed by atoms with Gasteiger partial charge in [0.1, 0.15) is 11.5 Å². The van der Waals surface area contributed by atoms with E-state index in [1.54, 1.807) is 14.2 Å². The molecule has 0 fully saturated rings. The van der Waals surface area contributed by atoms with Gasteiger partial charge >= 0.3 is 0 Å². The molecule has 0 aliphatic heterocycles. The molecule has 0 spiro atoms. The molecule has 1 rings (SSSR count). The number of hydrogen-bond acceptors (Lipinski definition) is 4. The fraction of sp³-hybridized carbons (Fsp3) is 0.364. The molecule has 3 N–H and O–H groups in total. The molecule has 5 heteroatoms. The molecule has 0 unspecified atom stereocenters. The lowest BCUT2D eigenvalue weighted by Gasteiger charge is -2.10. The molecule has 0 radical (unpaired) electrons. The molecule has 0 bridgehead atoms. The standard InChI is InChI=1S/C11H16N2O3/c1-15-9-3-4-10(16-2)8(5-9)6-13-7-11(12)14/h3-5,13H,6-7H2,1-2H3,(H2,12,14). The van der Waals surface area contributed by atoms with Crippen LogP contribution >= 0.6 is 0 Å². The zero-order chi connectivity index (χ0) is 12.0. The molecule has 88 valence electrons. The topological polar surface area (TPSA) is 73.6 Å². The third kappa shape index (κ3) is 3.43. The van der Waals surface area contributed by atoms with Crippen molar-refractivity contribution in [2.24, 2.45) is 5.73 Å². The van der Waals surface area contributed by atoms with E-state index in [1.165, 1.54) is 0 Å². The molecule has 16 heavy (non-hydrogen) atoms. The number of carbonyl (C=O) groups excluding carboxylic acids is 1. The van der Waals surface area contributed by atoms with Crippen molar-refractivity contribution >= 4 is 5.91 Å². The van der Waals surface area contributed by atoms with Crippen LogP contribution in [0.25, 0.3) is 0 Å². The van der Waals surface area contributed by atoms with Crippen molar-refractivity contribution in [1.82, 2.24) is 5.32 Å². The van der Waals surface area contributed by atoms with Crippen LogP contribution in [0.2, 0.25) is 0 Å². The van der Waals surface area contributed by atoms with Gasteiger partial charge in [0.2, 0.25) is 5.91 Å². The molecular weight excluding hydrogens is 208 g/mol. The van der Waals surface area contributed by atoms with Crippen LogP contribution in [0.1, 0.15) is 5.56 Å². The number of nitrogens with one attached hydrogen (secondary N) is 1. The zero-order valence-corrected chi connectivity index (χ0v) is 9.45. The molecule has 0 heterocycles. The number of hydrogen-bond donors (Lipinski definition) is 2. The minimum Gasteiger partial charge on any atom is -0.497 e. The maximum absolute atomic E-state index is 10.6. The molecule has 1 aromatic carbocycles. The van der Waals surface area contributed by atoms with E-state index in [4.69, 9.17) is 15.2 Å². The zero-order valence-electron chi connectivity index (χ0n) is 9.45. The predicted molar refractivity (Wildman–Crippen MR) is 60.4 cm³/mol. The Morgan fingerprint density at radius 3 is 2.69 bits per heavy atom. The maximum atomic E-state index is 10.6. The van der Waals surface area contributed by atoms with Crippen molar-refractivity contribution in [2.45, 2.75) is 6.54 Å². The highest BCUT2D eigenvalue weighted by atomic mass is 16.5. The van der Waals surface area contributed by atoms with E-state index < -0.39 is 0 Å². The molecule has 1 aromatic rings. The monoisotopic (exact) mass is 224 g/mol. The van der Waals surface area contributed by atoms with Crippen molar-refractivity contribution in [1.29, 1.82) is 0 Å². The third-order valence-corrected chi connectivity index (χ3v) is 2.10. The van der Waals surface area contributed by atoms with Gasteiger partial charge in [0.25, 0.3) is 0 Å². The lowest BCUT2D eigenvalue weighted by Crippen LogP contribution is -2.28. The highest BCUT2D eigenvalue weighted by Gasteiger charge is 2.04. The fourth-order valence-corrected chi connectivity index (χ4v) is 1.34. The van der Waals surface area contributed by atoms with Crippen LogP contribution in [0.3, 0.4) is 0 Å². The number of carbonyl (C=O) groups is 1. The first-order chi connectivity index (χ1) is 7.67. The quantitative estimate of drug-likeness (QED) is 0.728. The van der Waals surface area contributed by atoms with Crippen LogP contribution in [0, 0.1) is 0 Å². The summed E-state index contributed by atoms with van der Waals surface area (Å²) in [5, 5.41) is 2.92. The minimum absolute atomic E-state index is 0.139. The van der Waals surface area contributed by atoms with E-state index in [-0.39, 0.29) is 12.5 Å². The van der Waals surface area contributed by atoms with Crippen molar-refractivity contribution in [3.05, 3.63) is 23.8 Å². The first kappa shape index (κ1) is 12.3. The summed E-state index contributed by atoms with van der Waals surface area (Å²) < 4.78 is 10.3. The summed E-state index contributed by atoms with van der Waals surface area (Å²) in [6.07, 6.45) is 0. The number of primary amides is 1. The Morgan fingerprint density at radius 2 is 2.12 bits per heavy atom. The number of rotatable bonds is 6. The SMILES string of the molecule is COc1ccc(OC)c(CNCC(N)=O)c1. The van der Waals surface area contributed by atoms with Gasteiger partial charge in [-0.15, -0.1) is 0 Å². The van der Waals surface area contributed by atoms with E-state index in [0.717, 1.165) is 17.1 Å². The van der Waals surface area contributed by atoms with Gasteiger partial charge in [0, 0.05) is 12.1 Å². The van der Waals surface area contributed by atoms with E-state index in [9.17, 15) is 4.79 Å². The van der Waals surface area contributed by atoms with Crippen LogP contribution in [0.4, 0.5) is 0 Å². The predicted octanol–water partition coefficient (Wildman–Crippen LogP) is 0.279. The Bertz CT molecular complexity index is 366. The van der Waals surface area contributed by atoms with Crippen LogP contribution in [0.5, 0.6) is 11.5 Å². The van der Waals surface area contributed by atoms with Crippen molar-refractivity contribution in [3.8, 4) is 11.5 Å². The van der Waals surface area contributed by atoms with Gasteiger partial charge in [0.15, 0.2) is 0 Å². The number of ether oxygens (including phenoxy) is 2. The highest BCUT2D eigenvalue weighted by molar-refractivity contribution is 5.75. The van der Waals surface area contributed by atoms with Gasteiger partial charge in [0.05, 0.1) is 20.8 Å². The molecule has 0 atom stereocenters. The van der Waals surface area contributed by atoms with Gasteiger partial charge < -0.3 is 20.5 Å². The highest BCUT2D eigenvalue weighted by Crippen LogP contribution is 2.23. The summed E-state index contributed by atoms with van der Waals surface area (Å²) in [7, 11) is 3.20. The molecule has 0 saturated carbocycles. The smallest absolute Gasteiger partial charge is 0.231 e. The summed E-state index contributed by atoms with van der Waals surface area (Å²) in [6.45, 7) is 0.643. The molecule has 0 aliphatic carbocycles. The Labute approximate surface area is 94.5 Å². The van der Waals surface area contributed by atoms with E-state index in [1.807, 2.05) is 18.2 Å². The molecular formula is C11H16N2O3. The number of amides is 1. The Kier molecular flexibility index (Phi) is 4.60. The average Bonchev–Trinajstić information content (AvgIpc) is 2.28. The van der Waals surface area contributed by atoms with Gasteiger partial charge in [-0.25, -0.2) is 0 Å². The summed E-state index contributed by atoms with van der Waals surface area (Å²) in [5.74, 6) is 1.11. The van der Waals surface area contributed by atoms with Crippen molar-refractivity contribution in [3.63, 3.8) is 0 Å². The van der Waals surface area contributed by atoms with Gasteiger partial charge in [-0.1, -0.05) is 0 Å². The van der Waals surface area contributed by atoms with Gasteiger partial charge in [-0.05, 0) is 18.2 Å². The maximum Gasteiger partial charge on any atom is 0.231 e. The Hall–Kier alpha value is -1.75. The van der Waals surface area contributed by atoms with Crippen LogP contribution in [-0.4, -0.2) is 26.7 Å². The van der Waals surface area contributed by atoms with E-state index in [0.29, 0.717) is 6.54 Å². The molecule has 0 aliphatic rings. The molecule has 1 amide bonds. The Morgan fingerprint density at radius 1 is 1.38 bits per heavy atom. The van der Waals surface area contributed by atoms with Gasteiger partial charge in [-0.2, -0.15) is 0 Å². The van der Waals surface area contributed by atoms with E-state index >= 15 is 0 Å². The first-order valence-corrected chi connectivity index (χ1v) is 4.87. The normalized spacial score (nSPS) is 9.88. The second kappa shape index (κ2) is 5.97. The molecule has 0 saturated heterocycles. The Balaban J connectivity index is 2.71. The number of methoxy groups -OCH3 is 2. The van der Waals surface area contributed by atoms with Crippen LogP contribution in [-0.2, 0) is 11.3 Å². The largest absolute Gasteiger partial charge is 0.497 e. The number of nitrogens with two attached hydrogens (primary N) is 1. The van der Waals surface area contributed by atoms with Crippen LogP contribution < -0.4 is 20.5 Å². The van der Waals surface area contributed by atoms with Crippen molar-refractivity contribution in [2.75, 3.05) is 20.8 Å². The van der Waals surface area contributed by atoms with Crippen molar-refractivity contribution < 1.29 is 14.3 Å². The lowest BCUT2D eigenvalue weighted by atomic mass is 10.2. The molecule has 5 nitrogen and oxygen atoms in total. The lowest BCUT2D eigenvalue weighted by molar-refractivity contribution is -0.117. The van der Waals surface area contributed by atoms with Gasteiger partial charge in [-0.3, -0.25) is 4.79 Å². The summed E-state index contributed by atoms with van der Waals surface area (Å²) >= 11 is 0. The second-order valence-corrected chi connectivity index (χ2v) is 3.25. The first-order valence-electron chi connectivity index (χ1n) is 4.87. The van der Waals surface area contributed by atoms with E-state index in [2.05, 4.69) is 5.32 Å². The molecule has 0 aromatic heterocycles. The summed E-state index contributed by atoms with van der Waals surface area (Å²) in [5.41, 5.74) is 5.95. The summed E-state index contributed by atoms with van der Waals surface area (Å²) in [6, 6.07) is 5.49. The number of benzene rings is 1. The third-order valence-electron chi connectivity index (χ3n) is 2.10. The van der Waals surface area contributed by atoms with Crippen LogP contribution in [0.15, 0.2) is 18.2 Å².